The number of hydrogen-bond acceptors (Lipinski definition) is 5. The molecule has 2 amide bonds. The Labute approximate surface area is 231 Å². The second-order valence-corrected chi connectivity index (χ2v) is 12.1. The van der Waals surface area contributed by atoms with Gasteiger partial charge in [0.2, 0.25) is 21.8 Å². The number of halogens is 1. The molecular formula is C28H38ClN3O5S. The number of hydrogen-bond donors (Lipinski definition) is 1. The second kappa shape index (κ2) is 13.3. The van der Waals surface area contributed by atoms with E-state index in [1.165, 1.54) is 18.1 Å². The number of anilines is 1. The van der Waals surface area contributed by atoms with Crippen LogP contribution in [0.25, 0.3) is 0 Å². The lowest BCUT2D eigenvalue weighted by molar-refractivity contribution is -0.140. The summed E-state index contributed by atoms with van der Waals surface area (Å²) in [6.07, 6.45) is 6.55. The third kappa shape index (κ3) is 7.63. The Balaban J connectivity index is 1.97. The number of ether oxygens (including phenoxy) is 1. The molecule has 0 aromatic heterocycles. The van der Waals surface area contributed by atoms with Crippen LogP contribution >= 0.6 is 11.6 Å². The highest BCUT2D eigenvalue weighted by molar-refractivity contribution is 7.92. The third-order valence-electron chi connectivity index (χ3n) is 7.03. The van der Waals surface area contributed by atoms with Crippen LogP contribution in [0, 0.1) is 6.92 Å². The first-order valence-electron chi connectivity index (χ1n) is 13.0. The van der Waals surface area contributed by atoms with Crippen molar-refractivity contribution in [2.24, 2.45) is 0 Å². The van der Waals surface area contributed by atoms with Crippen molar-refractivity contribution in [3.05, 3.63) is 58.6 Å². The molecule has 0 heterocycles. The van der Waals surface area contributed by atoms with Crippen LogP contribution in [0.2, 0.25) is 5.02 Å². The third-order valence-corrected chi connectivity index (χ3v) is 8.39. The van der Waals surface area contributed by atoms with Crippen LogP contribution in [0.15, 0.2) is 42.5 Å². The molecule has 2 aromatic rings. The molecule has 1 aliphatic rings. The summed E-state index contributed by atoms with van der Waals surface area (Å²) >= 11 is 6.17. The van der Waals surface area contributed by atoms with Gasteiger partial charge in [-0.25, -0.2) is 8.42 Å². The average molecular weight is 564 g/mol. The zero-order chi connectivity index (χ0) is 27.9. The molecule has 1 saturated carbocycles. The zero-order valence-corrected chi connectivity index (χ0v) is 24.1. The average Bonchev–Trinajstić information content (AvgIpc) is 2.88. The quantitative estimate of drug-likeness (QED) is 0.428. The van der Waals surface area contributed by atoms with Gasteiger partial charge in [-0.1, -0.05) is 62.1 Å². The Morgan fingerprint density at radius 3 is 2.42 bits per heavy atom. The molecule has 1 atom stereocenters. The molecule has 0 radical (unpaired) electrons. The number of nitrogens with one attached hydrogen (secondary N) is 1. The maximum atomic E-state index is 13.9. The van der Waals surface area contributed by atoms with Gasteiger partial charge in [0.1, 0.15) is 18.3 Å². The maximum absolute atomic E-state index is 13.9. The normalized spacial score (nSPS) is 15.0. The molecule has 1 aliphatic carbocycles. The van der Waals surface area contributed by atoms with E-state index in [1.54, 1.807) is 12.1 Å². The van der Waals surface area contributed by atoms with Crippen molar-refractivity contribution in [3.63, 3.8) is 0 Å². The number of amides is 2. The van der Waals surface area contributed by atoms with Gasteiger partial charge >= 0.3 is 0 Å². The molecule has 3 rings (SSSR count). The molecule has 0 bridgehead atoms. The van der Waals surface area contributed by atoms with Crippen LogP contribution in [0.5, 0.6) is 5.75 Å². The summed E-state index contributed by atoms with van der Waals surface area (Å²) < 4.78 is 32.1. The minimum Gasteiger partial charge on any atom is -0.495 e. The number of sulfonamides is 1. The number of benzene rings is 2. The number of nitrogens with zero attached hydrogens (tertiary/aromatic N) is 2. The van der Waals surface area contributed by atoms with Gasteiger partial charge in [0.15, 0.2) is 0 Å². The van der Waals surface area contributed by atoms with Gasteiger partial charge in [-0.2, -0.15) is 0 Å². The van der Waals surface area contributed by atoms with Gasteiger partial charge in [-0.3, -0.25) is 13.9 Å². The first-order chi connectivity index (χ1) is 18.0. The maximum Gasteiger partial charge on any atom is 0.244 e. The molecule has 1 N–H and O–H groups in total. The summed E-state index contributed by atoms with van der Waals surface area (Å²) in [4.78, 5) is 28.9. The van der Waals surface area contributed by atoms with E-state index in [9.17, 15) is 18.0 Å². The molecule has 2 aromatic carbocycles. The van der Waals surface area contributed by atoms with Gasteiger partial charge in [0, 0.05) is 17.6 Å². The van der Waals surface area contributed by atoms with Crippen LogP contribution in [-0.2, 0) is 26.2 Å². The number of carbonyl (C=O) groups is 2. The highest BCUT2D eigenvalue weighted by Gasteiger charge is 2.33. The summed E-state index contributed by atoms with van der Waals surface area (Å²) in [7, 11) is -2.49. The van der Waals surface area contributed by atoms with Crippen LogP contribution < -0.4 is 14.4 Å². The van der Waals surface area contributed by atoms with Crippen LogP contribution in [0.1, 0.15) is 56.6 Å². The van der Waals surface area contributed by atoms with Crippen LogP contribution in [0.3, 0.4) is 0 Å². The van der Waals surface area contributed by atoms with Crippen molar-refractivity contribution in [3.8, 4) is 5.75 Å². The van der Waals surface area contributed by atoms with E-state index >= 15 is 0 Å². The molecule has 208 valence electrons. The SMILES string of the molecule is CC[C@H](C(=O)NC1CCCCC1)N(Cc1ccccc1C)C(=O)CN(c1cc(Cl)ccc1OC)S(C)(=O)=O. The largest absolute Gasteiger partial charge is 0.495 e. The number of aryl methyl sites for hydroxylation is 1. The Bertz CT molecular complexity index is 1230. The molecule has 8 nitrogen and oxygen atoms in total. The van der Waals surface area contributed by atoms with Crippen molar-refractivity contribution in [1.82, 2.24) is 10.2 Å². The summed E-state index contributed by atoms with van der Waals surface area (Å²) in [5, 5.41) is 3.45. The van der Waals surface area contributed by atoms with Crippen LogP contribution in [-0.4, -0.2) is 57.1 Å². The number of methoxy groups -OCH3 is 1. The molecular weight excluding hydrogens is 526 g/mol. The Hall–Kier alpha value is -2.78. The number of carbonyl (C=O) groups excluding carboxylic acids is 2. The fraction of sp³-hybridized carbons (Fsp3) is 0.500. The summed E-state index contributed by atoms with van der Waals surface area (Å²) in [6.45, 7) is 3.47. The van der Waals surface area contributed by atoms with E-state index < -0.39 is 28.5 Å². The monoisotopic (exact) mass is 563 g/mol. The molecule has 38 heavy (non-hydrogen) atoms. The first-order valence-corrected chi connectivity index (χ1v) is 15.2. The van der Waals surface area contributed by atoms with Crippen LogP contribution in [0.4, 0.5) is 5.69 Å². The highest BCUT2D eigenvalue weighted by atomic mass is 35.5. The van der Waals surface area contributed by atoms with Crippen molar-refractivity contribution >= 4 is 39.1 Å². The number of rotatable bonds is 11. The van der Waals surface area contributed by atoms with Crippen molar-refractivity contribution in [2.75, 3.05) is 24.2 Å². The molecule has 1 fully saturated rings. The predicted molar refractivity (Wildman–Crippen MR) is 151 cm³/mol. The highest BCUT2D eigenvalue weighted by Crippen LogP contribution is 2.33. The van der Waals surface area contributed by atoms with E-state index in [2.05, 4.69) is 5.32 Å². The van der Waals surface area contributed by atoms with Gasteiger partial charge < -0.3 is 15.0 Å². The van der Waals surface area contributed by atoms with Crippen molar-refractivity contribution in [1.29, 1.82) is 0 Å². The standard InChI is InChI=1S/C28H38ClN3O5S/c1-5-24(28(34)30-23-13-7-6-8-14-23)31(18-21-12-10-9-11-20(21)2)27(33)19-32(38(4,35)36)25-17-22(29)15-16-26(25)37-3/h9-12,15-17,23-24H,5-8,13-14,18-19H2,1-4H3,(H,30,34)/t24-/m1/s1. The zero-order valence-electron chi connectivity index (χ0n) is 22.6. The summed E-state index contributed by atoms with van der Waals surface area (Å²) in [6, 6.07) is 11.6. The second-order valence-electron chi connectivity index (χ2n) is 9.80. The lowest BCUT2D eigenvalue weighted by atomic mass is 9.95. The van der Waals surface area contributed by atoms with Gasteiger partial charge in [0.05, 0.1) is 19.1 Å². The minimum absolute atomic E-state index is 0.0870. The van der Waals surface area contributed by atoms with Gasteiger partial charge in [-0.05, 0) is 55.5 Å². The van der Waals surface area contributed by atoms with Crippen molar-refractivity contribution < 1.29 is 22.7 Å². The van der Waals surface area contributed by atoms with Gasteiger partial charge in [0.25, 0.3) is 0 Å². The lowest BCUT2D eigenvalue weighted by Gasteiger charge is -2.34. The van der Waals surface area contributed by atoms with Crippen molar-refractivity contribution in [2.45, 2.75) is 71.0 Å². The fourth-order valence-electron chi connectivity index (χ4n) is 4.89. The first kappa shape index (κ1) is 29.8. The predicted octanol–water partition coefficient (Wildman–Crippen LogP) is 4.68. The molecule has 0 unspecified atom stereocenters. The topological polar surface area (TPSA) is 96.0 Å². The Morgan fingerprint density at radius 1 is 1.13 bits per heavy atom. The van der Waals surface area contributed by atoms with E-state index in [4.69, 9.17) is 16.3 Å². The molecule has 0 spiro atoms. The van der Waals surface area contributed by atoms with Gasteiger partial charge in [-0.15, -0.1) is 0 Å². The van der Waals surface area contributed by atoms with E-state index in [-0.39, 0.29) is 29.9 Å². The van der Waals surface area contributed by atoms with E-state index in [0.29, 0.717) is 11.4 Å². The lowest BCUT2D eigenvalue weighted by Crippen LogP contribution is -2.54. The smallest absolute Gasteiger partial charge is 0.244 e. The fourth-order valence-corrected chi connectivity index (χ4v) is 5.90. The minimum atomic E-state index is -3.91. The summed E-state index contributed by atoms with van der Waals surface area (Å²) in [5.41, 5.74) is 2.02. The Morgan fingerprint density at radius 2 is 1.82 bits per heavy atom. The van der Waals surface area contributed by atoms with E-state index in [1.807, 2.05) is 38.1 Å². The molecule has 0 aliphatic heterocycles. The summed E-state index contributed by atoms with van der Waals surface area (Å²) in [5.74, 6) is -0.445. The Kier molecular flexibility index (Phi) is 10.4. The molecule has 0 saturated heterocycles. The van der Waals surface area contributed by atoms with E-state index in [0.717, 1.165) is 53.8 Å². The molecule has 10 heteroatoms.